The Bertz CT molecular complexity index is 626. The molecule has 2 aromatic heterocycles. The van der Waals surface area contributed by atoms with Gasteiger partial charge in [-0.1, -0.05) is 5.16 Å². The lowest BCUT2D eigenvalue weighted by Crippen LogP contribution is -2.50. The van der Waals surface area contributed by atoms with Crippen LogP contribution in [0.25, 0.3) is 11.1 Å². The highest BCUT2D eigenvalue weighted by Gasteiger charge is 2.32. The van der Waals surface area contributed by atoms with Crippen molar-refractivity contribution < 1.29 is 19.2 Å². The first-order chi connectivity index (χ1) is 9.18. The second kappa shape index (κ2) is 4.47. The Morgan fingerprint density at radius 3 is 3.16 bits per heavy atom. The summed E-state index contributed by atoms with van der Waals surface area (Å²) in [6, 6.07) is -0.763. The van der Waals surface area contributed by atoms with E-state index in [0.29, 0.717) is 35.8 Å². The van der Waals surface area contributed by atoms with E-state index in [0.717, 1.165) is 0 Å². The van der Waals surface area contributed by atoms with Gasteiger partial charge in [0, 0.05) is 6.54 Å². The van der Waals surface area contributed by atoms with Crippen LogP contribution in [-0.2, 0) is 9.53 Å². The number of hydrogen-bond donors (Lipinski definition) is 1. The molecule has 3 heterocycles. The van der Waals surface area contributed by atoms with Crippen LogP contribution in [0, 0.1) is 6.92 Å². The molecule has 3 rings (SSSR count). The Balaban J connectivity index is 2.11. The lowest BCUT2D eigenvalue weighted by Gasteiger charge is -2.33. The molecule has 8 nitrogen and oxygen atoms in total. The van der Waals surface area contributed by atoms with Gasteiger partial charge in [0.2, 0.25) is 0 Å². The Morgan fingerprint density at radius 2 is 2.37 bits per heavy atom. The largest absolute Gasteiger partial charge is 0.480 e. The second-order valence-corrected chi connectivity index (χ2v) is 4.27. The summed E-state index contributed by atoms with van der Waals surface area (Å²) < 4.78 is 10.3. The highest BCUT2D eigenvalue weighted by atomic mass is 16.5. The zero-order valence-electron chi connectivity index (χ0n) is 10.2. The van der Waals surface area contributed by atoms with Crippen molar-refractivity contribution in [3.63, 3.8) is 0 Å². The normalized spacial score (nSPS) is 19.8. The average molecular weight is 264 g/mol. The summed E-state index contributed by atoms with van der Waals surface area (Å²) in [7, 11) is 0. The summed E-state index contributed by atoms with van der Waals surface area (Å²) in [5.41, 5.74) is 0.999. The van der Waals surface area contributed by atoms with E-state index >= 15 is 0 Å². The first-order valence-corrected chi connectivity index (χ1v) is 5.82. The van der Waals surface area contributed by atoms with E-state index in [1.165, 1.54) is 6.33 Å². The molecule has 1 aliphatic rings. The lowest BCUT2D eigenvalue weighted by atomic mass is 10.2. The predicted molar refractivity (Wildman–Crippen MR) is 63.9 cm³/mol. The van der Waals surface area contributed by atoms with Gasteiger partial charge in [0.15, 0.2) is 6.04 Å². The number of carboxylic acids is 1. The third-order valence-corrected chi connectivity index (χ3v) is 3.11. The standard InChI is InChI=1S/C11H12N4O4/c1-6-8-9(12-5-13-10(8)19-14-6)15-2-3-18-4-7(15)11(16)17/h5,7H,2-4H2,1H3,(H,16,17). The van der Waals surface area contributed by atoms with Gasteiger partial charge in [0.25, 0.3) is 5.71 Å². The number of anilines is 1. The number of aromatic nitrogens is 3. The number of fused-ring (bicyclic) bond motifs is 1. The number of carboxylic acid groups (broad SMARTS) is 1. The molecule has 1 fully saturated rings. The van der Waals surface area contributed by atoms with Crippen LogP contribution in [0.5, 0.6) is 0 Å². The van der Waals surface area contributed by atoms with Crippen molar-refractivity contribution in [2.45, 2.75) is 13.0 Å². The van der Waals surface area contributed by atoms with Crippen molar-refractivity contribution in [1.82, 2.24) is 15.1 Å². The molecular weight excluding hydrogens is 252 g/mol. The van der Waals surface area contributed by atoms with Crippen molar-refractivity contribution in [2.75, 3.05) is 24.7 Å². The molecule has 8 heteroatoms. The average Bonchev–Trinajstić information content (AvgIpc) is 2.81. The quantitative estimate of drug-likeness (QED) is 0.821. The monoisotopic (exact) mass is 264 g/mol. The fourth-order valence-corrected chi connectivity index (χ4v) is 2.18. The SMILES string of the molecule is Cc1noc2ncnc(N3CCOCC3C(=O)O)c12. The molecule has 1 atom stereocenters. The summed E-state index contributed by atoms with van der Waals surface area (Å²) >= 11 is 0. The molecule has 0 bridgehead atoms. The summed E-state index contributed by atoms with van der Waals surface area (Å²) in [5, 5.41) is 13.7. The molecule has 1 saturated heterocycles. The Labute approximate surface area is 108 Å². The number of hydrogen-bond acceptors (Lipinski definition) is 7. The third-order valence-electron chi connectivity index (χ3n) is 3.11. The van der Waals surface area contributed by atoms with Crippen molar-refractivity contribution in [2.24, 2.45) is 0 Å². The Morgan fingerprint density at radius 1 is 1.53 bits per heavy atom. The maximum Gasteiger partial charge on any atom is 0.328 e. The summed E-state index contributed by atoms with van der Waals surface area (Å²) in [5.74, 6) is -0.417. The van der Waals surface area contributed by atoms with Crippen molar-refractivity contribution in [3.05, 3.63) is 12.0 Å². The minimum atomic E-state index is -0.944. The zero-order valence-corrected chi connectivity index (χ0v) is 10.2. The molecular formula is C11H12N4O4. The van der Waals surface area contributed by atoms with Crippen LogP contribution < -0.4 is 4.90 Å². The highest BCUT2D eigenvalue weighted by molar-refractivity contribution is 5.90. The first-order valence-electron chi connectivity index (χ1n) is 5.82. The van der Waals surface area contributed by atoms with Crippen molar-refractivity contribution in [1.29, 1.82) is 0 Å². The number of ether oxygens (including phenoxy) is 1. The number of morpholine rings is 1. The van der Waals surface area contributed by atoms with Crippen LogP contribution >= 0.6 is 0 Å². The number of rotatable bonds is 2. The molecule has 1 aliphatic heterocycles. The maximum absolute atomic E-state index is 11.3. The van der Waals surface area contributed by atoms with Gasteiger partial charge < -0.3 is 19.3 Å². The van der Waals surface area contributed by atoms with E-state index in [4.69, 9.17) is 9.26 Å². The molecule has 1 unspecified atom stereocenters. The van der Waals surface area contributed by atoms with E-state index < -0.39 is 12.0 Å². The fourth-order valence-electron chi connectivity index (χ4n) is 2.18. The minimum absolute atomic E-state index is 0.130. The van der Waals surface area contributed by atoms with E-state index in [-0.39, 0.29) is 6.61 Å². The van der Waals surface area contributed by atoms with Gasteiger partial charge in [0.1, 0.15) is 17.5 Å². The topological polar surface area (TPSA) is 102 Å². The minimum Gasteiger partial charge on any atom is -0.480 e. The molecule has 100 valence electrons. The van der Waals surface area contributed by atoms with Crippen LogP contribution in [0.3, 0.4) is 0 Å². The molecule has 1 N–H and O–H groups in total. The Hall–Kier alpha value is -2.22. The summed E-state index contributed by atoms with van der Waals surface area (Å²) in [6.45, 7) is 2.81. The molecule has 19 heavy (non-hydrogen) atoms. The molecule has 0 radical (unpaired) electrons. The molecule has 0 saturated carbocycles. The number of aryl methyl sites for hydroxylation is 1. The van der Waals surface area contributed by atoms with Gasteiger partial charge in [-0.2, -0.15) is 4.98 Å². The van der Waals surface area contributed by atoms with E-state index in [9.17, 15) is 9.90 Å². The maximum atomic E-state index is 11.3. The molecule has 0 aliphatic carbocycles. The van der Waals surface area contributed by atoms with Crippen LogP contribution in [0.1, 0.15) is 5.69 Å². The van der Waals surface area contributed by atoms with Gasteiger partial charge in [-0.15, -0.1) is 0 Å². The molecule has 0 spiro atoms. The number of nitrogens with zero attached hydrogens (tertiary/aromatic N) is 4. The van der Waals surface area contributed by atoms with Crippen molar-refractivity contribution >= 4 is 22.9 Å². The smallest absolute Gasteiger partial charge is 0.328 e. The third kappa shape index (κ3) is 1.89. The van der Waals surface area contributed by atoms with E-state index in [1.54, 1.807) is 11.8 Å². The zero-order chi connectivity index (χ0) is 13.4. The van der Waals surface area contributed by atoms with Gasteiger partial charge >= 0.3 is 5.97 Å². The fraction of sp³-hybridized carbons (Fsp3) is 0.455. The number of aliphatic carboxylic acids is 1. The summed E-state index contributed by atoms with van der Waals surface area (Å²) in [4.78, 5) is 21.2. The van der Waals surface area contributed by atoms with E-state index in [1.807, 2.05) is 0 Å². The molecule has 0 aromatic carbocycles. The van der Waals surface area contributed by atoms with Gasteiger partial charge in [-0.3, -0.25) is 0 Å². The Kier molecular flexibility index (Phi) is 2.79. The van der Waals surface area contributed by atoms with Crippen LogP contribution in [0.4, 0.5) is 5.82 Å². The van der Waals surface area contributed by atoms with Crippen molar-refractivity contribution in [3.8, 4) is 0 Å². The molecule has 0 amide bonds. The van der Waals surface area contributed by atoms with Crippen LogP contribution in [-0.4, -0.2) is 52.0 Å². The number of carbonyl (C=O) groups is 1. The van der Waals surface area contributed by atoms with Crippen LogP contribution in [0.2, 0.25) is 0 Å². The van der Waals surface area contributed by atoms with E-state index in [2.05, 4.69) is 15.1 Å². The predicted octanol–water partition coefficient (Wildman–Crippen LogP) is 0.216. The van der Waals surface area contributed by atoms with Gasteiger partial charge in [-0.05, 0) is 6.92 Å². The first kappa shape index (κ1) is 11.8. The second-order valence-electron chi connectivity index (χ2n) is 4.27. The van der Waals surface area contributed by atoms with Gasteiger partial charge in [-0.25, -0.2) is 9.78 Å². The lowest BCUT2D eigenvalue weighted by molar-refractivity contribution is -0.141. The molecule has 2 aromatic rings. The summed E-state index contributed by atoms with van der Waals surface area (Å²) in [6.07, 6.45) is 1.34. The van der Waals surface area contributed by atoms with Gasteiger partial charge in [0.05, 0.1) is 18.9 Å². The van der Waals surface area contributed by atoms with Crippen LogP contribution in [0.15, 0.2) is 10.9 Å². The highest BCUT2D eigenvalue weighted by Crippen LogP contribution is 2.28.